The van der Waals surface area contributed by atoms with Crippen molar-refractivity contribution in [3.63, 3.8) is 0 Å². The maximum absolute atomic E-state index is 13.6. The first-order chi connectivity index (χ1) is 14.2. The van der Waals surface area contributed by atoms with E-state index in [0.717, 1.165) is 0 Å². The third-order valence-electron chi connectivity index (χ3n) is 4.25. The van der Waals surface area contributed by atoms with E-state index in [2.05, 4.69) is 45.0 Å². The van der Waals surface area contributed by atoms with Crippen LogP contribution in [-0.2, 0) is 19.1 Å². The standard InChI is InChI=1S/C23H37NO5Si2/c1-18(25)28-16-21(22(29-19(2)26)14-15-30(3,4)5)24(17-31(6,7)8)23(27)20-12-10-9-11-13-20/h9-15,21-22H,16-17H2,1-8H3/b15-14+/t21-,22+/m1/s1. The summed E-state index contributed by atoms with van der Waals surface area (Å²) in [5, 5.41) is 0. The van der Waals surface area contributed by atoms with Crippen LogP contribution in [0.5, 0.6) is 0 Å². The molecule has 172 valence electrons. The van der Waals surface area contributed by atoms with Crippen LogP contribution in [0.15, 0.2) is 42.1 Å². The zero-order valence-corrected chi connectivity index (χ0v) is 22.1. The van der Waals surface area contributed by atoms with Crippen molar-refractivity contribution in [3.8, 4) is 0 Å². The Balaban J connectivity index is 3.50. The SMILES string of the molecule is CC(=O)OC[C@H]([C@H](/C=C/[Si](C)(C)C)OC(C)=O)N(C[Si](C)(C)C)C(=O)c1ccccc1. The first-order valence-corrected chi connectivity index (χ1v) is 17.8. The molecule has 1 rings (SSSR count). The van der Waals surface area contributed by atoms with Gasteiger partial charge in [-0.2, -0.15) is 0 Å². The van der Waals surface area contributed by atoms with Crippen molar-refractivity contribution in [1.29, 1.82) is 0 Å². The average molecular weight is 464 g/mol. The molecule has 1 aromatic rings. The molecule has 1 amide bonds. The molecule has 0 heterocycles. The van der Waals surface area contributed by atoms with E-state index in [1.807, 2.05) is 24.3 Å². The van der Waals surface area contributed by atoms with Crippen molar-refractivity contribution < 1.29 is 23.9 Å². The van der Waals surface area contributed by atoms with Crippen molar-refractivity contribution >= 4 is 34.0 Å². The number of carbonyl (C=O) groups excluding carboxylic acids is 3. The van der Waals surface area contributed by atoms with Crippen molar-refractivity contribution in [3.05, 3.63) is 47.7 Å². The van der Waals surface area contributed by atoms with E-state index in [-0.39, 0.29) is 12.5 Å². The summed E-state index contributed by atoms with van der Waals surface area (Å²) in [5.74, 6) is -1.06. The maximum Gasteiger partial charge on any atom is 0.303 e. The molecule has 0 aliphatic rings. The predicted octanol–water partition coefficient (Wildman–Crippen LogP) is 4.30. The smallest absolute Gasteiger partial charge is 0.303 e. The van der Waals surface area contributed by atoms with Gasteiger partial charge in [0, 0.05) is 25.6 Å². The Bertz CT molecular complexity index is 781. The van der Waals surface area contributed by atoms with Crippen LogP contribution in [0.1, 0.15) is 24.2 Å². The van der Waals surface area contributed by atoms with Gasteiger partial charge >= 0.3 is 11.9 Å². The second-order valence-electron chi connectivity index (χ2n) is 10.0. The summed E-state index contributed by atoms with van der Waals surface area (Å²) < 4.78 is 11.0. The van der Waals surface area contributed by atoms with Gasteiger partial charge in [-0.3, -0.25) is 14.4 Å². The van der Waals surface area contributed by atoms with E-state index < -0.39 is 40.2 Å². The molecule has 0 aliphatic carbocycles. The molecule has 8 heteroatoms. The lowest BCUT2D eigenvalue weighted by Crippen LogP contribution is -2.55. The summed E-state index contributed by atoms with van der Waals surface area (Å²) >= 11 is 0. The molecule has 0 saturated carbocycles. The zero-order chi connectivity index (χ0) is 23.8. The van der Waals surface area contributed by atoms with Crippen LogP contribution in [0.2, 0.25) is 39.3 Å². The minimum atomic E-state index is -1.77. The highest BCUT2D eigenvalue weighted by Crippen LogP contribution is 2.20. The van der Waals surface area contributed by atoms with Gasteiger partial charge in [0.15, 0.2) is 0 Å². The van der Waals surface area contributed by atoms with Gasteiger partial charge in [-0.1, -0.05) is 63.2 Å². The fourth-order valence-corrected chi connectivity index (χ4v) is 5.15. The number of carbonyl (C=O) groups is 3. The number of benzene rings is 1. The van der Waals surface area contributed by atoms with Crippen LogP contribution < -0.4 is 0 Å². The molecule has 31 heavy (non-hydrogen) atoms. The summed E-state index contributed by atoms with van der Waals surface area (Å²) in [7, 11) is -3.38. The first-order valence-electron chi connectivity index (χ1n) is 10.6. The number of amides is 1. The minimum absolute atomic E-state index is 0.0492. The predicted molar refractivity (Wildman–Crippen MR) is 129 cm³/mol. The van der Waals surface area contributed by atoms with Crippen LogP contribution in [0.25, 0.3) is 0 Å². The summed E-state index contributed by atoms with van der Waals surface area (Å²) in [5.41, 5.74) is 2.63. The van der Waals surface area contributed by atoms with Crippen molar-refractivity contribution in [2.75, 3.05) is 12.8 Å². The molecule has 0 saturated heterocycles. The van der Waals surface area contributed by atoms with E-state index in [9.17, 15) is 14.4 Å². The van der Waals surface area contributed by atoms with Gasteiger partial charge in [-0.15, -0.1) is 0 Å². The molecule has 0 fully saturated rings. The van der Waals surface area contributed by atoms with E-state index in [0.29, 0.717) is 11.7 Å². The van der Waals surface area contributed by atoms with Crippen LogP contribution in [0.3, 0.4) is 0 Å². The van der Waals surface area contributed by atoms with Crippen molar-refractivity contribution in [2.24, 2.45) is 0 Å². The highest BCUT2D eigenvalue weighted by atomic mass is 28.3. The quantitative estimate of drug-likeness (QED) is 0.382. The van der Waals surface area contributed by atoms with Crippen LogP contribution in [0, 0.1) is 0 Å². The Morgan fingerprint density at radius 1 is 0.968 bits per heavy atom. The molecule has 0 N–H and O–H groups in total. The fourth-order valence-electron chi connectivity index (χ4n) is 2.98. The lowest BCUT2D eigenvalue weighted by Gasteiger charge is -2.38. The zero-order valence-electron chi connectivity index (χ0n) is 20.1. The molecule has 0 aromatic heterocycles. The molecule has 6 nitrogen and oxygen atoms in total. The van der Waals surface area contributed by atoms with E-state index in [1.165, 1.54) is 13.8 Å². The van der Waals surface area contributed by atoms with Crippen molar-refractivity contribution in [1.82, 2.24) is 4.90 Å². The summed E-state index contributed by atoms with van der Waals surface area (Å²) in [6.07, 6.45) is 1.68. The number of ether oxygens (including phenoxy) is 2. The normalized spacial score (nSPS) is 14.1. The number of rotatable bonds is 10. The summed E-state index contributed by atoms with van der Waals surface area (Å²) in [6, 6.07) is 8.39. The second kappa shape index (κ2) is 11.4. The van der Waals surface area contributed by atoms with Gasteiger partial charge in [-0.05, 0) is 18.2 Å². The first kappa shape index (κ1) is 26.8. The highest BCUT2D eigenvalue weighted by molar-refractivity contribution is 6.81. The molecule has 0 radical (unpaired) electrons. The fraction of sp³-hybridized carbons (Fsp3) is 0.522. The highest BCUT2D eigenvalue weighted by Gasteiger charge is 2.36. The van der Waals surface area contributed by atoms with Crippen molar-refractivity contribution in [2.45, 2.75) is 65.3 Å². The van der Waals surface area contributed by atoms with Gasteiger partial charge in [0.1, 0.15) is 18.8 Å². The Morgan fingerprint density at radius 3 is 2.00 bits per heavy atom. The molecule has 0 aliphatic heterocycles. The largest absolute Gasteiger partial charge is 0.464 e. The molecule has 1 aromatic carbocycles. The molecule has 0 bridgehead atoms. The molecule has 2 atom stereocenters. The Labute approximate surface area is 188 Å². The Hall–Kier alpha value is -2.20. The average Bonchev–Trinajstić information content (AvgIpc) is 2.63. The monoisotopic (exact) mass is 463 g/mol. The summed E-state index contributed by atoms with van der Waals surface area (Å²) in [4.78, 5) is 38.8. The molecule has 0 spiro atoms. The lowest BCUT2D eigenvalue weighted by molar-refractivity contribution is -0.150. The van der Waals surface area contributed by atoms with E-state index >= 15 is 0 Å². The maximum atomic E-state index is 13.6. The second-order valence-corrected chi connectivity index (χ2v) is 20.5. The summed E-state index contributed by atoms with van der Waals surface area (Å²) in [6.45, 7) is 15.6. The van der Waals surface area contributed by atoms with E-state index in [1.54, 1.807) is 17.0 Å². The van der Waals surface area contributed by atoms with Crippen LogP contribution in [0.4, 0.5) is 0 Å². The third kappa shape index (κ3) is 10.6. The molecular weight excluding hydrogens is 426 g/mol. The van der Waals surface area contributed by atoms with Gasteiger partial charge in [0.2, 0.25) is 0 Å². The third-order valence-corrected chi connectivity index (χ3v) is 6.73. The van der Waals surface area contributed by atoms with Gasteiger partial charge < -0.3 is 14.4 Å². The minimum Gasteiger partial charge on any atom is -0.464 e. The molecule has 0 unspecified atom stereocenters. The number of hydrogen-bond acceptors (Lipinski definition) is 5. The topological polar surface area (TPSA) is 72.9 Å². The number of esters is 2. The van der Waals surface area contributed by atoms with Gasteiger partial charge in [0.05, 0.1) is 16.1 Å². The van der Waals surface area contributed by atoms with E-state index in [4.69, 9.17) is 9.47 Å². The Kier molecular flexibility index (Phi) is 9.90. The molecular formula is C23H37NO5Si2. The lowest BCUT2D eigenvalue weighted by atomic mass is 10.1. The van der Waals surface area contributed by atoms with Gasteiger partial charge in [-0.25, -0.2) is 0 Å². The number of nitrogens with zero attached hydrogens (tertiary/aromatic N) is 1. The van der Waals surface area contributed by atoms with Crippen LogP contribution >= 0.6 is 0 Å². The van der Waals surface area contributed by atoms with Gasteiger partial charge in [0.25, 0.3) is 5.91 Å². The van der Waals surface area contributed by atoms with Crippen LogP contribution in [-0.4, -0.2) is 63.8 Å². The Morgan fingerprint density at radius 2 is 1.55 bits per heavy atom. The number of hydrogen-bond donors (Lipinski definition) is 0.